The number of piperidine rings is 1. The summed E-state index contributed by atoms with van der Waals surface area (Å²) >= 11 is 1.64. The molecule has 0 radical (unpaired) electrons. The molecule has 6 heteroatoms. The molecular weight excluding hydrogens is 346 g/mol. The van der Waals surface area contributed by atoms with Crippen molar-refractivity contribution in [2.24, 2.45) is 11.8 Å². The minimum Gasteiger partial charge on any atom is -0.350 e. The summed E-state index contributed by atoms with van der Waals surface area (Å²) in [4.78, 5) is 29.6. The standard InChI is InChI=1S/C20H29N3O2S/c1-2-3-7-22-12-16-17(13-22)20(21-19(16)25)5-8-23(9-6-20)18(24)11-15-4-10-26-14-15/h4,10,14,16-17H,2-3,5-9,11-13H2,1H3,(H,21,25)/t16-,17+/m1/s1. The molecule has 4 rings (SSSR count). The molecule has 142 valence electrons. The van der Waals surface area contributed by atoms with Gasteiger partial charge in [-0.2, -0.15) is 11.3 Å². The maximum Gasteiger partial charge on any atom is 0.227 e. The van der Waals surface area contributed by atoms with Crippen molar-refractivity contribution in [3.63, 3.8) is 0 Å². The van der Waals surface area contributed by atoms with E-state index in [0.717, 1.165) is 51.1 Å². The number of carbonyl (C=O) groups is 2. The van der Waals surface area contributed by atoms with Crippen molar-refractivity contribution < 1.29 is 9.59 Å². The Morgan fingerprint density at radius 1 is 1.35 bits per heavy atom. The lowest BCUT2D eigenvalue weighted by Crippen LogP contribution is -2.56. The van der Waals surface area contributed by atoms with E-state index in [4.69, 9.17) is 0 Å². The van der Waals surface area contributed by atoms with Crippen LogP contribution in [0.2, 0.25) is 0 Å². The molecule has 5 nitrogen and oxygen atoms in total. The first-order chi connectivity index (χ1) is 12.6. The third kappa shape index (κ3) is 3.29. The van der Waals surface area contributed by atoms with Crippen molar-refractivity contribution in [2.45, 2.75) is 44.6 Å². The highest BCUT2D eigenvalue weighted by atomic mass is 32.1. The summed E-state index contributed by atoms with van der Waals surface area (Å²) < 4.78 is 0. The van der Waals surface area contributed by atoms with Crippen molar-refractivity contribution in [1.29, 1.82) is 0 Å². The first kappa shape index (κ1) is 18.0. The van der Waals surface area contributed by atoms with Crippen LogP contribution >= 0.6 is 11.3 Å². The number of hydrogen-bond acceptors (Lipinski definition) is 4. The van der Waals surface area contributed by atoms with E-state index in [2.05, 4.69) is 22.5 Å². The number of likely N-dealkylation sites (tertiary alicyclic amines) is 2. The molecule has 2 amide bonds. The first-order valence-electron chi connectivity index (χ1n) is 9.94. The highest BCUT2D eigenvalue weighted by Crippen LogP contribution is 2.44. The van der Waals surface area contributed by atoms with Gasteiger partial charge in [0.05, 0.1) is 12.3 Å². The molecule has 4 heterocycles. The lowest BCUT2D eigenvalue weighted by molar-refractivity contribution is -0.132. The highest BCUT2D eigenvalue weighted by molar-refractivity contribution is 7.08. The van der Waals surface area contributed by atoms with Crippen LogP contribution in [0.5, 0.6) is 0 Å². The minimum absolute atomic E-state index is 0.0815. The number of amides is 2. The van der Waals surface area contributed by atoms with Gasteiger partial charge >= 0.3 is 0 Å². The number of carbonyl (C=O) groups excluding carboxylic acids is 2. The molecule has 3 fully saturated rings. The average Bonchev–Trinajstić information content (AvgIpc) is 3.34. The summed E-state index contributed by atoms with van der Waals surface area (Å²) in [6.45, 7) is 6.81. The molecule has 1 aromatic rings. The van der Waals surface area contributed by atoms with E-state index < -0.39 is 0 Å². The van der Waals surface area contributed by atoms with E-state index in [9.17, 15) is 9.59 Å². The quantitative estimate of drug-likeness (QED) is 0.858. The normalized spacial score (nSPS) is 27.7. The molecule has 0 aliphatic carbocycles. The lowest BCUT2D eigenvalue weighted by atomic mass is 9.75. The molecule has 0 unspecified atom stereocenters. The van der Waals surface area contributed by atoms with Gasteiger partial charge in [-0.15, -0.1) is 0 Å². The Bertz CT molecular complexity index is 652. The van der Waals surface area contributed by atoms with E-state index >= 15 is 0 Å². The van der Waals surface area contributed by atoms with Crippen LogP contribution in [0.1, 0.15) is 38.2 Å². The van der Waals surface area contributed by atoms with Crippen LogP contribution in [0.25, 0.3) is 0 Å². The van der Waals surface area contributed by atoms with Crippen LogP contribution in [0.4, 0.5) is 0 Å². The number of nitrogens with zero attached hydrogens (tertiary/aromatic N) is 2. The van der Waals surface area contributed by atoms with Gasteiger partial charge in [0.15, 0.2) is 0 Å². The van der Waals surface area contributed by atoms with Gasteiger partial charge < -0.3 is 15.1 Å². The Morgan fingerprint density at radius 3 is 2.85 bits per heavy atom. The third-order valence-corrected chi connectivity index (χ3v) is 7.32. The molecule has 1 aromatic heterocycles. The maximum absolute atomic E-state index is 12.6. The summed E-state index contributed by atoms with van der Waals surface area (Å²) in [6.07, 6.45) is 4.71. The number of hydrogen-bond donors (Lipinski definition) is 1. The number of fused-ring (bicyclic) bond motifs is 2. The SMILES string of the molecule is CCCCN1C[C@H]2C(=O)NC3(CCN(C(=O)Cc4ccsc4)CC3)[C@H]2C1. The Labute approximate surface area is 159 Å². The minimum atomic E-state index is -0.0815. The van der Waals surface area contributed by atoms with Gasteiger partial charge in [-0.1, -0.05) is 13.3 Å². The molecule has 0 aromatic carbocycles. The van der Waals surface area contributed by atoms with Crippen LogP contribution < -0.4 is 5.32 Å². The largest absolute Gasteiger partial charge is 0.350 e. The lowest BCUT2D eigenvalue weighted by Gasteiger charge is -2.42. The van der Waals surface area contributed by atoms with Crippen molar-refractivity contribution in [2.75, 3.05) is 32.7 Å². The second-order valence-corrected chi connectivity index (χ2v) is 8.94. The fourth-order valence-electron chi connectivity index (χ4n) is 5.04. The zero-order valence-electron chi connectivity index (χ0n) is 15.6. The summed E-state index contributed by atoms with van der Waals surface area (Å²) in [7, 11) is 0. The van der Waals surface area contributed by atoms with Crippen molar-refractivity contribution in [1.82, 2.24) is 15.1 Å². The van der Waals surface area contributed by atoms with Crippen LogP contribution in [0.15, 0.2) is 16.8 Å². The molecule has 3 aliphatic heterocycles. The molecule has 2 atom stereocenters. The van der Waals surface area contributed by atoms with Crippen LogP contribution in [0.3, 0.4) is 0 Å². The van der Waals surface area contributed by atoms with Gasteiger partial charge in [0.25, 0.3) is 0 Å². The van der Waals surface area contributed by atoms with Gasteiger partial charge in [-0.05, 0) is 48.2 Å². The number of thiophene rings is 1. The molecular formula is C20H29N3O2S. The summed E-state index contributed by atoms with van der Waals surface area (Å²) in [6, 6.07) is 2.03. The van der Waals surface area contributed by atoms with E-state index in [1.54, 1.807) is 11.3 Å². The second-order valence-electron chi connectivity index (χ2n) is 8.16. The molecule has 0 bridgehead atoms. The van der Waals surface area contributed by atoms with Gasteiger partial charge in [0.1, 0.15) is 0 Å². The summed E-state index contributed by atoms with van der Waals surface area (Å²) in [5.41, 5.74) is 1.03. The molecule has 1 spiro atoms. The zero-order chi connectivity index (χ0) is 18.1. The second kappa shape index (κ2) is 7.31. The van der Waals surface area contributed by atoms with Gasteiger partial charge in [-0.25, -0.2) is 0 Å². The summed E-state index contributed by atoms with van der Waals surface area (Å²) in [5, 5.41) is 7.42. The van der Waals surface area contributed by atoms with Crippen molar-refractivity contribution in [3.8, 4) is 0 Å². The number of rotatable bonds is 5. The Balaban J connectivity index is 1.37. The monoisotopic (exact) mass is 375 g/mol. The molecule has 26 heavy (non-hydrogen) atoms. The van der Waals surface area contributed by atoms with Crippen molar-refractivity contribution in [3.05, 3.63) is 22.4 Å². The molecule has 1 N–H and O–H groups in total. The smallest absolute Gasteiger partial charge is 0.227 e. The Morgan fingerprint density at radius 2 is 2.15 bits per heavy atom. The fourth-order valence-corrected chi connectivity index (χ4v) is 5.71. The van der Waals surface area contributed by atoms with Gasteiger partial charge in [0, 0.05) is 37.6 Å². The van der Waals surface area contributed by atoms with Gasteiger partial charge in [0.2, 0.25) is 11.8 Å². The van der Waals surface area contributed by atoms with E-state index in [-0.39, 0.29) is 23.3 Å². The van der Waals surface area contributed by atoms with E-state index in [1.165, 1.54) is 12.8 Å². The highest BCUT2D eigenvalue weighted by Gasteiger charge is 2.57. The number of unbranched alkanes of at least 4 members (excludes halogenated alkanes) is 1. The topological polar surface area (TPSA) is 52.7 Å². The predicted octanol–water partition coefficient (Wildman–Crippen LogP) is 2.13. The molecule has 3 saturated heterocycles. The van der Waals surface area contributed by atoms with Crippen molar-refractivity contribution >= 4 is 23.2 Å². The van der Waals surface area contributed by atoms with E-state index in [1.807, 2.05) is 16.3 Å². The van der Waals surface area contributed by atoms with E-state index in [0.29, 0.717) is 12.3 Å². The molecule has 3 aliphatic rings. The maximum atomic E-state index is 12.6. The predicted molar refractivity (Wildman–Crippen MR) is 103 cm³/mol. The van der Waals surface area contributed by atoms with Gasteiger partial charge in [-0.3, -0.25) is 9.59 Å². The number of nitrogens with one attached hydrogen (secondary N) is 1. The fraction of sp³-hybridized carbons (Fsp3) is 0.700. The van der Waals surface area contributed by atoms with Crippen LogP contribution in [-0.4, -0.2) is 59.9 Å². The Kier molecular flexibility index (Phi) is 5.06. The van der Waals surface area contributed by atoms with Crippen LogP contribution in [0, 0.1) is 11.8 Å². The first-order valence-corrected chi connectivity index (χ1v) is 10.9. The zero-order valence-corrected chi connectivity index (χ0v) is 16.4. The molecule has 0 saturated carbocycles. The Hall–Kier alpha value is -1.40. The average molecular weight is 376 g/mol. The van der Waals surface area contributed by atoms with Crippen LogP contribution in [-0.2, 0) is 16.0 Å². The third-order valence-electron chi connectivity index (χ3n) is 6.59. The summed E-state index contributed by atoms with van der Waals surface area (Å²) in [5.74, 6) is 1.03.